The van der Waals surface area contributed by atoms with Crippen molar-refractivity contribution >= 4 is 20.6 Å². The van der Waals surface area contributed by atoms with Gasteiger partial charge < -0.3 is 14.2 Å². The number of benzene rings is 4. The van der Waals surface area contributed by atoms with E-state index in [1.54, 1.807) is 7.11 Å². The lowest BCUT2D eigenvalue weighted by Crippen LogP contribution is -2.33. The number of hydrogen-bond donors (Lipinski definition) is 0. The van der Waals surface area contributed by atoms with Crippen molar-refractivity contribution < 1.29 is 35.8 Å². The zero-order valence-corrected chi connectivity index (χ0v) is 24.0. The molecule has 1 aliphatic heterocycles. The van der Waals surface area contributed by atoms with Crippen molar-refractivity contribution in [3.8, 4) is 34.1 Å². The Bertz CT molecular complexity index is 1620. The molecule has 0 bridgehead atoms. The van der Waals surface area contributed by atoms with E-state index in [-0.39, 0.29) is 0 Å². The molecule has 0 saturated carbocycles. The number of alkyl halides is 3. The lowest BCUT2D eigenvalue weighted by molar-refractivity contribution is -0.106. The highest BCUT2D eigenvalue weighted by molar-refractivity contribution is 7.91. The van der Waals surface area contributed by atoms with Gasteiger partial charge in [0.15, 0.2) is 15.6 Å². The molecule has 4 aromatic carbocycles. The summed E-state index contributed by atoms with van der Waals surface area (Å²) in [4.78, 5) is 2.02. The Hall–Kier alpha value is -3.76. The van der Waals surface area contributed by atoms with Crippen LogP contribution in [-0.4, -0.2) is 58.6 Å². The van der Waals surface area contributed by atoms with Crippen LogP contribution in [0.3, 0.4) is 0 Å². The number of ether oxygens (including phenoxy) is 3. The van der Waals surface area contributed by atoms with E-state index in [2.05, 4.69) is 4.90 Å². The highest BCUT2D eigenvalue weighted by atomic mass is 32.2. The molecule has 5 rings (SSSR count). The summed E-state index contributed by atoms with van der Waals surface area (Å²) in [5.74, 6) is 0.570. The summed E-state index contributed by atoms with van der Waals surface area (Å²) in [5.41, 5.74) is 1.24. The van der Waals surface area contributed by atoms with Gasteiger partial charge in [-0.25, -0.2) is 8.42 Å². The van der Waals surface area contributed by atoms with Crippen molar-refractivity contribution in [1.29, 1.82) is 0 Å². The van der Waals surface area contributed by atoms with E-state index in [4.69, 9.17) is 14.2 Å². The van der Waals surface area contributed by atoms with Gasteiger partial charge >= 0.3 is 6.18 Å². The Morgan fingerprint density at radius 2 is 1.48 bits per heavy atom. The number of hydrogen-bond acceptors (Lipinski definition) is 6. The van der Waals surface area contributed by atoms with Crippen molar-refractivity contribution in [1.82, 2.24) is 4.90 Å². The van der Waals surface area contributed by atoms with Crippen molar-refractivity contribution in [3.63, 3.8) is 0 Å². The van der Waals surface area contributed by atoms with Gasteiger partial charge in [0.25, 0.3) is 0 Å². The van der Waals surface area contributed by atoms with Gasteiger partial charge in [0.05, 0.1) is 12.0 Å². The van der Waals surface area contributed by atoms with Gasteiger partial charge in [-0.15, -0.1) is 0 Å². The Balaban J connectivity index is 1.40. The molecule has 0 spiro atoms. The van der Waals surface area contributed by atoms with E-state index in [1.165, 1.54) is 43.5 Å². The van der Waals surface area contributed by atoms with Gasteiger partial charge in [-0.05, 0) is 97.5 Å². The molecule has 42 heavy (non-hydrogen) atoms. The van der Waals surface area contributed by atoms with Crippen molar-refractivity contribution in [2.45, 2.75) is 30.3 Å². The standard InChI is InChI=1S/C32H32F3NO5S/c1-39-27-12-16-30-24(21-27)7-15-29(23-5-13-28(14-6-23)42(37,38)22-32(33,34)35)31(30)41-26-10-8-25(9-11-26)40-20-19-36-17-3-2-4-18-36/h5-16,21H,2-4,17-20,22H2,1H3. The van der Waals surface area contributed by atoms with Gasteiger partial charge in [0.1, 0.15) is 29.6 Å². The van der Waals surface area contributed by atoms with E-state index < -0.39 is 26.7 Å². The molecule has 4 aromatic rings. The molecule has 1 fully saturated rings. The maximum atomic E-state index is 12.8. The maximum absolute atomic E-state index is 12.8. The van der Waals surface area contributed by atoms with Crippen LogP contribution in [0.4, 0.5) is 13.2 Å². The number of nitrogens with zero attached hydrogens (tertiary/aromatic N) is 1. The van der Waals surface area contributed by atoms with E-state index >= 15 is 0 Å². The molecule has 10 heteroatoms. The summed E-state index contributed by atoms with van der Waals surface area (Å²) in [6.45, 7) is 3.71. The summed E-state index contributed by atoms with van der Waals surface area (Å²) in [6.07, 6.45) is -1.07. The van der Waals surface area contributed by atoms with Crippen LogP contribution in [0.15, 0.2) is 83.8 Å². The van der Waals surface area contributed by atoms with Gasteiger partial charge in [-0.2, -0.15) is 13.2 Å². The van der Waals surface area contributed by atoms with Crippen LogP contribution in [0.2, 0.25) is 0 Å². The quantitative estimate of drug-likeness (QED) is 0.188. The third-order valence-corrected chi connectivity index (χ3v) is 8.92. The third kappa shape index (κ3) is 7.35. The van der Waals surface area contributed by atoms with Crippen LogP contribution in [0.5, 0.6) is 23.0 Å². The maximum Gasteiger partial charge on any atom is 0.403 e. The molecule has 0 radical (unpaired) electrons. The van der Waals surface area contributed by atoms with Crippen LogP contribution < -0.4 is 14.2 Å². The molecule has 0 unspecified atom stereocenters. The molecule has 0 N–H and O–H groups in total. The van der Waals surface area contributed by atoms with Crippen molar-refractivity contribution in [2.75, 3.05) is 39.1 Å². The Labute approximate surface area is 243 Å². The zero-order valence-electron chi connectivity index (χ0n) is 23.2. The van der Waals surface area contributed by atoms with E-state index in [9.17, 15) is 21.6 Å². The molecular formula is C32H32F3NO5S. The number of fused-ring (bicyclic) bond motifs is 1. The summed E-state index contributed by atoms with van der Waals surface area (Å²) >= 11 is 0. The number of sulfone groups is 1. The monoisotopic (exact) mass is 599 g/mol. The summed E-state index contributed by atoms with van der Waals surface area (Å²) in [5, 5.41) is 1.64. The summed E-state index contributed by atoms with van der Waals surface area (Å²) in [6, 6.07) is 21.9. The van der Waals surface area contributed by atoms with Gasteiger partial charge in [-0.3, -0.25) is 4.90 Å². The molecular weight excluding hydrogens is 567 g/mol. The largest absolute Gasteiger partial charge is 0.497 e. The number of halogens is 3. The van der Waals surface area contributed by atoms with Crippen LogP contribution in [0, 0.1) is 0 Å². The fraction of sp³-hybridized carbons (Fsp3) is 0.312. The number of piperidine rings is 1. The van der Waals surface area contributed by atoms with Gasteiger partial charge in [0.2, 0.25) is 0 Å². The molecule has 0 aromatic heterocycles. The minimum Gasteiger partial charge on any atom is -0.497 e. The van der Waals surface area contributed by atoms with Gasteiger partial charge in [-0.1, -0.05) is 24.6 Å². The SMILES string of the molecule is COc1ccc2c(Oc3ccc(OCCN4CCCCC4)cc3)c(-c3ccc(S(=O)(=O)CC(F)(F)F)cc3)ccc2c1. The topological polar surface area (TPSA) is 65.1 Å². The molecule has 222 valence electrons. The van der Waals surface area contributed by atoms with Crippen molar-refractivity contribution in [2.24, 2.45) is 0 Å². The third-order valence-electron chi connectivity index (χ3n) is 7.22. The molecule has 6 nitrogen and oxygen atoms in total. The summed E-state index contributed by atoms with van der Waals surface area (Å²) < 4.78 is 80.6. The number of methoxy groups -OCH3 is 1. The molecule has 0 amide bonds. The van der Waals surface area contributed by atoms with Gasteiger partial charge in [0, 0.05) is 17.5 Å². The Kier molecular flexibility index (Phi) is 8.93. The minimum absolute atomic E-state index is 0.396. The lowest BCUT2D eigenvalue weighted by atomic mass is 9.99. The molecule has 0 atom stereocenters. The summed E-state index contributed by atoms with van der Waals surface area (Å²) in [7, 11) is -2.94. The van der Waals surface area contributed by atoms with Crippen LogP contribution in [-0.2, 0) is 9.84 Å². The molecule has 0 aliphatic carbocycles. The average Bonchev–Trinajstić information content (AvgIpc) is 2.97. The second-order valence-corrected chi connectivity index (χ2v) is 12.2. The first-order valence-electron chi connectivity index (χ1n) is 13.8. The molecule has 1 heterocycles. The van der Waals surface area contributed by atoms with Crippen LogP contribution >= 0.6 is 0 Å². The fourth-order valence-electron chi connectivity index (χ4n) is 5.08. The predicted octanol–water partition coefficient (Wildman–Crippen LogP) is 7.51. The highest BCUT2D eigenvalue weighted by Crippen LogP contribution is 2.41. The van der Waals surface area contributed by atoms with Crippen LogP contribution in [0.1, 0.15) is 19.3 Å². The first-order chi connectivity index (χ1) is 20.1. The van der Waals surface area contributed by atoms with E-state index in [0.717, 1.165) is 36.2 Å². The number of rotatable bonds is 10. The first-order valence-corrected chi connectivity index (χ1v) is 15.4. The zero-order chi connectivity index (χ0) is 29.7. The number of likely N-dealkylation sites (tertiary alicyclic amines) is 1. The minimum atomic E-state index is -4.83. The molecule has 1 aliphatic rings. The first kappa shape index (κ1) is 29.7. The van der Waals surface area contributed by atoms with Crippen molar-refractivity contribution in [3.05, 3.63) is 78.9 Å². The Morgan fingerprint density at radius 1 is 0.810 bits per heavy atom. The fourth-order valence-corrected chi connectivity index (χ4v) is 6.23. The van der Waals surface area contributed by atoms with E-state index in [1.807, 2.05) is 54.6 Å². The Morgan fingerprint density at radius 3 is 2.14 bits per heavy atom. The van der Waals surface area contributed by atoms with E-state index in [0.29, 0.717) is 35.0 Å². The molecule has 1 saturated heterocycles. The lowest BCUT2D eigenvalue weighted by Gasteiger charge is -2.26. The van der Waals surface area contributed by atoms with Crippen LogP contribution in [0.25, 0.3) is 21.9 Å². The normalized spacial score (nSPS) is 14.6. The predicted molar refractivity (Wildman–Crippen MR) is 156 cm³/mol. The average molecular weight is 600 g/mol. The second-order valence-electron chi connectivity index (χ2n) is 10.3. The highest BCUT2D eigenvalue weighted by Gasteiger charge is 2.36. The smallest absolute Gasteiger partial charge is 0.403 e. The second kappa shape index (κ2) is 12.6.